The van der Waals surface area contributed by atoms with Crippen LogP contribution in [0.2, 0.25) is 0 Å². The first-order valence-electron chi connectivity index (χ1n) is 9.63. The standard InChI is InChI=1S/C21H20F2N2O6S/c1-12(2)18(24-19(26)17-14(22)7-5-8-15(17)23)21(28)31-11-10-25-20(27)13-6-3-4-9-16(13)32(25,29)30/h3-9,12,18H,10-11H2,1-2H3,(H,24,26)/t18-/m1/s1. The molecule has 1 N–H and O–H groups in total. The average Bonchev–Trinajstić information content (AvgIpc) is 2.92. The van der Waals surface area contributed by atoms with E-state index in [9.17, 15) is 31.6 Å². The van der Waals surface area contributed by atoms with Gasteiger partial charge in [-0.15, -0.1) is 0 Å². The van der Waals surface area contributed by atoms with Crippen molar-refractivity contribution in [1.29, 1.82) is 0 Å². The Morgan fingerprint density at radius 1 is 1.06 bits per heavy atom. The van der Waals surface area contributed by atoms with Crippen LogP contribution in [-0.4, -0.2) is 49.7 Å². The average molecular weight is 466 g/mol. The Kier molecular flexibility index (Phi) is 6.58. The minimum absolute atomic E-state index is 0.0260. The van der Waals surface area contributed by atoms with E-state index >= 15 is 0 Å². The SMILES string of the molecule is CC(C)[C@@H](NC(=O)c1c(F)cccc1F)C(=O)OCCN1C(=O)c2ccccc2S1(=O)=O. The second kappa shape index (κ2) is 9.03. The topological polar surface area (TPSA) is 110 Å². The van der Waals surface area contributed by atoms with E-state index in [0.717, 1.165) is 18.2 Å². The molecule has 2 aromatic rings. The number of carbonyl (C=O) groups excluding carboxylic acids is 3. The van der Waals surface area contributed by atoms with Crippen molar-refractivity contribution in [1.82, 2.24) is 9.62 Å². The van der Waals surface area contributed by atoms with Crippen molar-refractivity contribution in [2.45, 2.75) is 24.8 Å². The number of hydrogen-bond acceptors (Lipinski definition) is 6. The van der Waals surface area contributed by atoms with Gasteiger partial charge in [0.2, 0.25) is 0 Å². The Labute approximate surface area is 183 Å². The van der Waals surface area contributed by atoms with E-state index in [1.54, 1.807) is 13.8 Å². The second-order valence-corrected chi connectivity index (χ2v) is 9.17. The first-order chi connectivity index (χ1) is 15.1. The first-order valence-corrected chi connectivity index (χ1v) is 11.1. The molecule has 0 saturated heterocycles. The molecule has 0 radical (unpaired) electrons. The molecule has 11 heteroatoms. The van der Waals surface area contributed by atoms with Crippen LogP contribution in [0.25, 0.3) is 0 Å². The fourth-order valence-corrected chi connectivity index (χ4v) is 4.75. The van der Waals surface area contributed by atoms with Gasteiger partial charge in [0.15, 0.2) is 0 Å². The van der Waals surface area contributed by atoms with E-state index in [4.69, 9.17) is 4.74 Å². The van der Waals surface area contributed by atoms with Gasteiger partial charge in [-0.3, -0.25) is 9.59 Å². The number of hydrogen-bond donors (Lipinski definition) is 1. The lowest BCUT2D eigenvalue weighted by Gasteiger charge is -2.22. The zero-order chi connectivity index (χ0) is 23.6. The lowest BCUT2D eigenvalue weighted by molar-refractivity contribution is -0.147. The molecule has 0 saturated carbocycles. The molecule has 0 spiro atoms. The summed E-state index contributed by atoms with van der Waals surface area (Å²) >= 11 is 0. The molecule has 2 amide bonds. The van der Waals surface area contributed by atoms with Crippen LogP contribution in [0.3, 0.4) is 0 Å². The Morgan fingerprint density at radius 2 is 1.69 bits per heavy atom. The van der Waals surface area contributed by atoms with Gasteiger partial charge in [-0.1, -0.05) is 32.0 Å². The van der Waals surface area contributed by atoms with Gasteiger partial charge in [0.25, 0.3) is 21.8 Å². The minimum atomic E-state index is -4.06. The Morgan fingerprint density at radius 3 is 2.28 bits per heavy atom. The molecule has 170 valence electrons. The predicted octanol–water partition coefficient (Wildman–Crippen LogP) is 2.11. The van der Waals surface area contributed by atoms with Gasteiger partial charge in [-0.05, 0) is 30.2 Å². The highest BCUT2D eigenvalue weighted by molar-refractivity contribution is 7.90. The molecule has 32 heavy (non-hydrogen) atoms. The van der Waals surface area contributed by atoms with Crippen LogP contribution >= 0.6 is 0 Å². The number of rotatable bonds is 7. The van der Waals surface area contributed by atoms with Crippen molar-refractivity contribution in [2.24, 2.45) is 5.92 Å². The number of sulfonamides is 1. The number of nitrogens with one attached hydrogen (secondary N) is 1. The molecule has 0 aliphatic carbocycles. The Bertz CT molecular complexity index is 1160. The van der Waals surface area contributed by atoms with Crippen molar-refractivity contribution < 1.29 is 36.3 Å². The smallest absolute Gasteiger partial charge is 0.328 e. The number of fused-ring (bicyclic) bond motifs is 1. The van der Waals surface area contributed by atoms with Crippen LogP contribution < -0.4 is 5.32 Å². The maximum absolute atomic E-state index is 13.8. The van der Waals surface area contributed by atoms with Gasteiger partial charge in [-0.25, -0.2) is 26.3 Å². The largest absolute Gasteiger partial charge is 0.462 e. The molecule has 8 nitrogen and oxygen atoms in total. The highest BCUT2D eigenvalue weighted by Crippen LogP contribution is 2.29. The third kappa shape index (κ3) is 4.33. The van der Waals surface area contributed by atoms with E-state index in [1.807, 2.05) is 0 Å². The summed E-state index contributed by atoms with van der Waals surface area (Å²) in [5.74, 6) is -5.50. The maximum atomic E-state index is 13.8. The number of amides is 2. The van der Waals surface area contributed by atoms with Crippen LogP contribution in [0.15, 0.2) is 47.4 Å². The molecule has 0 bridgehead atoms. The molecule has 0 unspecified atom stereocenters. The molecule has 0 aromatic heterocycles. The first kappa shape index (κ1) is 23.3. The fraction of sp³-hybridized carbons (Fsp3) is 0.286. The van der Waals surface area contributed by atoms with E-state index in [1.165, 1.54) is 24.3 Å². The zero-order valence-corrected chi connectivity index (χ0v) is 18.0. The molecular formula is C21H20F2N2O6S. The van der Waals surface area contributed by atoms with Crippen molar-refractivity contribution in [3.63, 3.8) is 0 Å². The molecular weight excluding hydrogens is 446 g/mol. The highest BCUT2D eigenvalue weighted by Gasteiger charge is 2.40. The Balaban J connectivity index is 1.65. The number of halogens is 2. The van der Waals surface area contributed by atoms with E-state index in [-0.39, 0.29) is 10.5 Å². The summed E-state index contributed by atoms with van der Waals surface area (Å²) in [5, 5.41) is 2.24. The number of ether oxygens (including phenoxy) is 1. The van der Waals surface area contributed by atoms with Crippen molar-refractivity contribution >= 4 is 27.8 Å². The van der Waals surface area contributed by atoms with Crippen LogP contribution in [0.4, 0.5) is 8.78 Å². The van der Waals surface area contributed by atoms with Gasteiger partial charge in [0, 0.05) is 0 Å². The lowest BCUT2D eigenvalue weighted by atomic mass is 10.0. The van der Waals surface area contributed by atoms with E-state index in [0.29, 0.717) is 4.31 Å². The molecule has 1 aliphatic heterocycles. The minimum Gasteiger partial charge on any atom is -0.462 e. The van der Waals surface area contributed by atoms with Gasteiger partial charge in [-0.2, -0.15) is 0 Å². The summed E-state index contributed by atoms with van der Waals surface area (Å²) in [6, 6.07) is 7.37. The van der Waals surface area contributed by atoms with Crippen LogP contribution in [0.5, 0.6) is 0 Å². The summed E-state index contributed by atoms with van der Waals surface area (Å²) in [6.07, 6.45) is 0. The summed E-state index contributed by atoms with van der Waals surface area (Å²) < 4.78 is 58.4. The van der Waals surface area contributed by atoms with Gasteiger partial charge in [0.05, 0.1) is 12.1 Å². The van der Waals surface area contributed by atoms with Crippen LogP contribution in [-0.2, 0) is 19.6 Å². The van der Waals surface area contributed by atoms with Crippen LogP contribution in [0, 0.1) is 17.6 Å². The summed E-state index contributed by atoms with van der Waals surface area (Å²) in [5.41, 5.74) is -0.810. The number of nitrogens with zero attached hydrogens (tertiary/aromatic N) is 1. The molecule has 3 rings (SSSR count). The normalized spacial score (nSPS) is 15.4. The molecule has 1 aliphatic rings. The lowest BCUT2D eigenvalue weighted by Crippen LogP contribution is -2.46. The molecule has 0 fully saturated rings. The number of esters is 1. The molecule has 2 aromatic carbocycles. The molecule has 1 heterocycles. The van der Waals surface area contributed by atoms with Gasteiger partial charge >= 0.3 is 5.97 Å². The number of carbonyl (C=O) groups is 3. The highest BCUT2D eigenvalue weighted by atomic mass is 32.2. The van der Waals surface area contributed by atoms with Crippen molar-refractivity contribution in [2.75, 3.05) is 13.2 Å². The summed E-state index contributed by atoms with van der Waals surface area (Å²) in [7, 11) is -4.06. The fourth-order valence-electron chi connectivity index (χ4n) is 3.20. The van der Waals surface area contributed by atoms with Crippen molar-refractivity contribution in [3.8, 4) is 0 Å². The van der Waals surface area contributed by atoms with Crippen molar-refractivity contribution in [3.05, 3.63) is 65.2 Å². The predicted molar refractivity (Wildman–Crippen MR) is 108 cm³/mol. The van der Waals surface area contributed by atoms with Gasteiger partial charge in [0.1, 0.15) is 34.7 Å². The van der Waals surface area contributed by atoms with E-state index < -0.39 is 70.1 Å². The summed E-state index contributed by atoms with van der Waals surface area (Å²) in [6.45, 7) is 2.26. The zero-order valence-electron chi connectivity index (χ0n) is 17.2. The third-order valence-electron chi connectivity index (χ3n) is 4.85. The van der Waals surface area contributed by atoms with E-state index in [2.05, 4.69) is 5.32 Å². The monoisotopic (exact) mass is 466 g/mol. The third-order valence-corrected chi connectivity index (χ3v) is 6.69. The maximum Gasteiger partial charge on any atom is 0.328 e. The van der Waals surface area contributed by atoms with Crippen LogP contribution in [0.1, 0.15) is 34.6 Å². The Hall–Kier alpha value is -3.34. The summed E-state index contributed by atoms with van der Waals surface area (Å²) in [4.78, 5) is 37.0. The van der Waals surface area contributed by atoms with Gasteiger partial charge < -0.3 is 10.1 Å². The quantitative estimate of drug-likeness (QED) is 0.626. The molecule has 1 atom stereocenters. The second-order valence-electron chi connectivity index (χ2n) is 7.34. The number of benzene rings is 2.